The van der Waals surface area contributed by atoms with Gasteiger partial charge in [-0.05, 0) is 48.7 Å². The van der Waals surface area contributed by atoms with Crippen LogP contribution < -0.4 is 14.4 Å². The zero-order chi connectivity index (χ0) is 21.4. The molecule has 1 aliphatic heterocycles. The normalized spacial score (nSPS) is 15.1. The Bertz CT molecular complexity index is 1250. The van der Waals surface area contributed by atoms with Crippen LogP contribution in [0, 0.1) is 13.8 Å². The van der Waals surface area contributed by atoms with E-state index in [9.17, 15) is 4.79 Å². The van der Waals surface area contributed by atoms with E-state index in [0.717, 1.165) is 21.3 Å². The predicted octanol–water partition coefficient (Wildman–Crippen LogP) is 5.29. The first kappa shape index (κ1) is 19.6. The second-order valence-electron chi connectivity index (χ2n) is 7.70. The van der Waals surface area contributed by atoms with Crippen LogP contribution in [0.5, 0.6) is 11.5 Å². The summed E-state index contributed by atoms with van der Waals surface area (Å²) in [6.45, 7) is 4.71. The topological polar surface area (TPSA) is 51.7 Å². The van der Waals surface area contributed by atoms with Crippen LogP contribution in [0.1, 0.15) is 16.7 Å². The van der Waals surface area contributed by atoms with Crippen molar-refractivity contribution in [2.24, 2.45) is 0 Å². The van der Waals surface area contributed by atoms with Crippen LogP contribution in [-0.4, -0.2) is 23.6 Å². The molecule has 1 aromatic heterocycles. The number of fused-ring (bicyclic) bond motifs is 2. The molecule has 2 heterocycles. The van der Waals surface area contributed by atoms with Crippen molar-refractivity contribution < 1.29 is 14.3 Å². The van der Waals surface area contributed by atoms with Crippen LogP contribution in [-0.2, 0) is 11.3 Å². The number of amides is 1. The zero-order valence-corrected chi connectivity index (χ0v) is 18.2. The Kier molecular flexibility index (Phi) is 5.08. The first-order valence-corrected chi connectivity index (χ1v) is 11.0. The molecule has 0 radical (unpaired) electrons. The molecule has 0 fully saturated rings. The lowest BCUT2D eigenvalue weighted by atomic mass is 10.1. The van der Waals surface area contributed by atoms with Crippen LogP contribution in [0.3, 0.4) is 0 Å². The van der Waals surface area contributed by atoms with Gasteiger partial charge in [0, 0.05) is 0 Å². The van der Waals surface area contributed by atoms with Gasteiger partial charge in [-0.2, -0.15) is 0 Å². The Labute approximate surface area is 184 Å². The number of para-hydroxylation sites is 2. The van der Waals surface area contributed by atoms with E-state index in [4.69, 9.17) is 14.5 Å². The second kappa shape index (κ2) is 8.04. The van der Waals surface area contributed by atoms with Gasteiger partial charge >= 0.3 is 0 Å². The molecule has 0 aliphatic carbocycles. The molecule has 0 saturated carbocycles. The number of rotatable bonds is 4. The summed E-state index contributed by atoms with van der Waals surface area (Å²) >= 11 is 1.53. The van der Waals surface area contributed by atoms with Crippen LogP contribution in [0.2, 0.25) is 0 Å². The summed E-state index contributed by atoms with van der Waals surface area (Å²) < 4.78 is 12.9. The molecule has 0 saturated heterocycles. The fourth-order valence-electron chi connectivity index (χ4n) is 3.80. The van der Waals surface area contributed by atoms with Gasteiger partial charge in [-0.3, -0.25) is 9.69 Å². The molecule has 4 aromatic rings. The number of aryl methyl sites for hydroxylation is 2. The Morgan fingerprint density at radius 2 is 1.81 bits per heavy atom. The zero-order valence-electron chi connectivity index (χ0n) is 17.4. The summed E-state index contributed by atoms with van der Waals surface area (Å²) in [7, 11) is 0. The van der Waals surface area contributed by atoms with Crippen molar-refractivity contribution >= 4 is 32.6 Å². The van der Waals surface area contributed by atoms with Crippen molar-refractivity contribution in [1.82, 2.24) is 4.98 Å². The molecule has 31 heavy (non-hydrogen) atoms. The largest absolute Gasteiger partial charge is 0.485 e. The number of hydrogen-bond acceptors (Lipinski definition) is 5. The minimum atomic E-state index is -0.728. The predicted molar refractivity (Wildman–Crippen MR) is 123 cm³/mol. The van der Waals surface area contributed by atoms with E-state index < -0.39 is 6.10 Å². The minimum absolute atomic E-state index is 0.160. The lowest BCUT2D eigenvalue weighted by molar-refractivity contribution is -0.127. The smallest absolute Gasteiger partial charge is 0.273 e. The Morgan fingerprint density at radius 1 is 1.06 bits per heavy atom. The number of thiazole rings is 1. The lowest BCUT2D eigenvalue weighted by Crippen LogP contribution is -2.46. The van der Waals surface area contributed by atoms with E-state index in [2.05, 4.69) is 26.0 Å². The highest BCUT2D eigenvalue weighted by molar-refractivity contribution is 7.22. The molecule has 156 valence electrons. The average molecular weight is 431 g/mol. The lowest BCUT2D eigenvalue weighted by Gasteiger charge is -2.29. The van der Waals surface area contributed by atoms with Gasteiger partial charge in [0.15, 0.2) is 16.6 Å². The van der Waals surface area contributed by atoms with Gasteiger partial charge in [0.05, 0.1) is 16.8 Å². The molecule has 0 N–H and O–H groups in total. The quantitative estimate of drug-likeness (QED) is 0.442. The highest BCUT2D eigenvalue weighted by atomic mass is 32.1. The third-order valence-corrected chi connectivity index (χ3v) is 6.31. The molecule has 0 spiro atoms. The highest BCUT2D eigenvalue weighted by Crippen LogP contribution is 2.35. The molecule has 6 heteroatoms. The van der Waals surface area contributed by atoms with Gasteiger partial charge < -0.3 is 9.47 Å². The fraction of sp³-hybridized carbons (Fsp3) is 0.200. The molecule has 0 bridgehead atoms. The third kappa shape index (κ3) is 3.86. The van der Waals surface area contributed by atoms with E-state index >= 15 is 0 Å². The summed E-state index contributed by atoms with van der Waals surface area (Å²) in [5, 5.41) is 0.667. The van der Waals surface area contributed by atoms with E-state index in [1.807, 2.05) is 54.6 Å². The molecule has 0 unspecified atom stereocenters. The average Bonchev–Trinajstić information content (AvgIpc) is 3.21. The van der Waals surface area contributed by atoms with Crippen molar-refractivity contribution in [2.45, 2.75) is 26.5 Å². The van der Waals surface area contributed by atoms with Crippen LogP contribution in [0.15, 0.2) is 66.7 Å². The maximum absolute atomic E-state index is 13.6. The summed E-state index contributed by atoms with van der Waals surface area (Å²) in [5.41, 5.74) is 4.25. The molecule has 3 aromatic carbocycles. The first-order chi connectivity index (χ1) is 15.1. The van der Waals surface area contributed by atoms with Crippen LogP contribution >= 0.6 is 11.3 Å². The summed E-state index contributed by atoms with van der Waals surface area (Å²) in [4.78, 5) is 20.2. The van der Waals surface area contributed by atoms with E-state index in [0.29, 0.717) is 23.2 Å². The van der Waals surface area contributed by atoms with E-state index in [-0.39, 0.29) is 12.5 Å². The third-order valence-electron chi connectivity index (χ3n) is 5.28. The summed E-state index contributed by atoms with van der Waals surface area (Å²) in [6.07, 6.45) is -0.728. The second-order valence-corrected chi connectivity index (χ2v) is 8.71. The van der Waals surface area contributed by atoms with Crippen molar-refractivity contribution in [3.8, 4) is 11.5 Å². The maximum atomic E-state index is 13.6. The van der Waals surface area contributed by atoms with Gasteiger partial charge in [0.1, 0.15) is 6.61 Å². The van der Waals surface area contributed by atoms with Gasteiger partial charge in [0.25, 0.3) is 5.91 Å². The minimum Gasteiger partial charge on any atom is -0.485 e. The number of benzene rings is 3. The summed E-state index contributed by atoms with van der Waals surface area (Å²) in [5.74, 6) is 1.08. The van der Waals surface area contributed by atoms with E-state index in [1.54, 1.807) is 4.90 Å². The number of carbonyl (C=O) groups excluding carboxylic acids is 1. The van der Waals surface area contributed by atoms with E-state index in [1.165, 1.54) is 16.9 Å². The molecule has 1 atom stereocenters. The molecule has 1 amide bonds. The van der Waals surface area contributed by atoms with Crippen molar-refractivity contribution in [3.63, 3.8) is 0 Å². The monoisotopic (exact) mass is 430 g/mol. The highest BCUT2D eigenvalue weighted by Gasteiger charge is 2.33. The number of anilines is 1. The Hall–Kier alpha value is -3.38. The SMILES string of the molecule is Cc1cc(C)c2nc(N(Cc3ccccc3)C(=O)[C@@H]3COc4ccccc4O3)sc2c1. The Balaban J connectivity index is 1.52. The first-order valence-electron chi connectivity index (χ1n) is 10.2. The van der Waals surface area contributed by atoms with Gasteiger partial charge in [-0.15, -0.1) is 0 Å². The molecular formula is C25H22N2O3S. The molecular weight excluding hydrogens is 408 g/mol. The molecule has 1 aliphatic rings. The molecule has 5 rings (SSSR count). The fourth-order valence-corrected chi connectivity index (χ4v) is 4.94. The van der Waals surface area contributed by atoms with Gasteiger partial charge in [-0.25, -0.2) is 4.98 Å². The number of carbonyl (C=O) groups is 1. The number of ether oxygens (including phenoxy) is 2. The summed E-state index contributed by atoms with van der Waals surface area (Å²) in [6, 6.07) is 21.6. The number of aromatic nitrogens is 1. The van der Waals surface area contributed by atoms with Crippen LogP contribution in [0.25, 0.3) is 10.2 Å². The van der Waals surface area contributed by atoms with Crippen molar-refractivity contribution in [2.75, 3.05) is 11.5 Å². The van der Waals surface area contributed by atoms with Gasteiger partial charge in [0.2, 0.25) is 6.10 Å². The van der Waals surface area contributed by atoms with Crippen LogP contribution in [0.4, 0.5) is 5.13 Å². The van der Waals surface area contributed by atoms with Crippen molar-refractivity contribution in [1.29, 1.82) is 0 Å². The van der Waals surface area contributed by atoms with Crippen molar-refractivity contribution in [3.05, 3.63) is 83.4 Å². The Morgan fingerprint density at radius 3 is 2.61 bits per heavy atom. The number of nitrogens with zero attached hydrogens (tertiary/aromatic N) is 2. The number of hydrogen-bond donors (Lipinski definition) is 0. The maximum Gasteiger partial charge on any atom is 0.273 e. The molecule has 5 nitrogen and oxygen atoms in total. The van der Waals surface area contributed by atoms with Gasteiger partial charge in [-0.1, -0.05) is 59.9 Å². The standard InChI is InChI=1S/C25H22N2O3S/c1-16-12-17(2)23-22(13-16)31-25(26-23)27(14-18-8-4-3-5-9-18)24(28)21-15-29-19-10-6-7-11-20(19)30-21/h3-13,21H,14-15H2,1-2H3/t21-/m0/s1.